The van der Waals surface area contributed by atoms with Crippen LogP contribution in [-0.4, -0.2) is 29.3 Å². The lowest BCUT2D eigenvalue weighted by atomic mass is 9.92. The molecule has 1 aliphatic heterocycles. The predicted molar refractivity (Wildman–Crippen MR) is 49.8 cm³/mol. The molecule has 1 aromatic carbocycles. The highest BCUT2D eigenvalue weighted by Gasteiger charge is 2.41. The standard InChI is InChI=1S/C10H11NO3/c12-5-10(6-13)8-4-2-1-3-7(8)9(14)11-10/h1-4,12-13H,5-6H2,(H,11,14). The number of hydrogen-bond acceptors (Lipinski definition) is 3. The van der Waals surface area contributed by atoms with E-state index in [9.17, 15) is 15.0 Å². The molecule has 2 rings (SSSR count). The molecule has 0 aliphatic carbocycles. The second-order valence-corrected chi connectivity index (χ2v) is 3.40. The summed E-state index contributed by atoms with van der Waals surface area (Å²) in [5, 5.41) is 21.0. The lowest BCUT2D eigenvalue weighted by Gasteiger charge is -2.25. The first-order chi connectivity index (χ1) is 6.73. The van der Waals surface area contributed by atoms with Crippen molar-refractivity contribution >= 4 is 5.91 Å². The summed E-state index contributed by atoms with van der Waals surface area (Å²) in [6, 6.07) is 6.94. The highest BCUT2D eigenvalue weighted by Crippen LogP contribution is 2.30. The monoisotopic (exact) mass is 193 g/mol. The first-order valence-electron chi connectivity index (χ1n) is 4.37. The van der Waals surface area contributed by atoms with Crippen molar-refractivity contribution in [2.45, 2.75) is 5.54 Å². The number of rotatable bonds is 2. The molecular weight excluding hydrogens is 182 g/mol. The minimum atomic E-state index is -1.01. The van der Waals surface area contributed by atoms with Gasteiger partial charge in [0.2, 0.25) is 0 Å². The number of fused-ring (bicyclic) bond motifs is 1. The quantitative estimate of drug-likeness (QED) is 0.599. The molecule has 0 saturated carbocycles. The Bertz CT molecular complexity index is 371. The third-order valence-corrected chi connectivity index (χ3v) is 2.58. The van der Waals surface area contributed by atoms with Crippen molar-refractivity contribution in [3.05, 3.63) is 35.4 Å². The third-order valence-electron chi connectivity index (χ3n) is 2.58. The molecule has 0 fully saturated rings. The molecule has 0 atom stereocenters. The number of benzene rings is 1. The summed E-state index contributed by atoms with van der Waals surface area (Å²) in [7, 11) is 0. The number of amides is 1. The van der Waals surface area contributed by atoms with E-state index in [0.29, 0.717) is 11.1 Å². The minimum Gasteiger partial charge on any atom is -0.393 e. The maximum atomic E-state index is 11.5. The normalized spacial score (nSPS) is 17.7. The van der Waals surface area contributed by atoms with Crippen LogP contribution in [0.25, 0.3) is 0 Å². The maximum Gasteiger partial charge on any atom is 0.252 e. The lowest BCUT2D eigenvalue weighted by Crippen LogP contribution is -2.45. The van der Waals surface area contributed by atoms with Gasteiger partial charge in [0.15, 0.2) is 0 Å². The molecular formula is C10H11NO3. The molecule has 0 aromatic heterocycles. The molecule has 0 radical (unpaired) electrons. The molecule has 1 heterocycles. The largest absolute Gasteiger partial charge is 0.393 e. The van der Waals surface area contributed by atoms with Crippen LogP contribution in [0.5, 0.6) is 0 Å². The summed E-state index contributed by atoms with van der Waals surface area (Å²) in [6.07, 6.45) is 0. The molecule has 1 amide bonds. The van der Waals surface area contributed by atoms with E-state index < -0.39 is 5.54 Å². The van der Waals surface area contributed by atoms with Gasteiger partial charge in [-0.2, -0.15) is 0 Å². The van der Waals surface area contributed by atoms with Crippen LogP contribution in [-0.2, 0) is 5.54 Å². The van der Waals surface area contributed by atoms with E-state index in [1.54, 1.807) is 24.3 Å². The van der Waals surface area contributed by atoms with Crippen molar-refractivity contribution in [1.29, 1.82) is 0 Å². The molecule has 14 heavy (non-hydrogen) atoms. The van der Waals surface area contributed by atoms with Crippen molar-refractivity contribution in [3.63, 3.8) is 0 Å². The van der Waals surface area contributed by atoms with Gasteiger partial charge in [-0.1, -0.05) is 18.2 Å². The Morgan fingerprint density at radius 3 is 2.50 bits per heavy atom. The summed E-state index contributed by atoms with van der Waals surface area (Å²) >= 11 is 0. The number of aliphatic hydroxyl groups excluding tert-OH is 2. The van der Waals surface area contributed by atoms with Crippen LogP contribution in [0.4, 0.5) is 0 Å². The van der Waals surface area contributed by atoms with Crippen molar-refractivity contribution in [2.75, 3.05) is 13.2 Å². The van der Waals surface area contributed by atoms with Gasteiger partial charge in [-0.3, -0.25) is 4.79 Å². The predicted octanol–water partition coefficient (Wildman–Crippen LogP) is -0.390. The topological polar surface area (TPSA) is 69.6 Å². The summed E-state index contributed by atoms with van der Waals surface area (Å²) in [6.45, 7) is -0.599. The van der Waals surface area contributed by atoms with Gasteiger partial charge in [-0.05, 0) is 11.6 Å². The number of carbonyl (C=O) groups excluding carboxylic acids is 1. The maximum absolute atomic E-state index is 11.5. The SMILES string of the molecule is O=C1NC(CO)(CO)c2ccccc21. The molecule has 0 bridgehead atoms. The number of nitrogens with one attached hydrogen (secondary N) is 1. The van der Waals surface area contributed by atoms with Gasteiger partial charge < -0.3 is 15.5 Å². The summed E-state index contributed by atoms with van der Waals surface area (Å²) in [5.41, 5.74) is 0.179. The fraction of sp³-hybridized carbons (Fsp3) is 0.300. The van der Waals surface area contributed by atoms with E-state index in [0.717, 1.165) is 0 Å². The average Bonchev–Trinajstić information content (AvgIpc) is 2.53. The first kappa shape index (κ1) is 9.18. The Morgan fingerprint density at radius 2 is 1.86 bits per heavy atom. The van der Waals surface area contributed by atoms with Crippen LogP contribution in [0.1, 0.15) is 15.9 Å². The van der Waals surface area contributed by atoms with Crippen LogP contribution in [0.15, 0.2) is 24.3 Å². The van der Waals surface area contributed by atoms with E-state index in [2.05, 4.69) is 5.32 Å². The highest BCUT2D eigenvalue weighted by atomic mass is 16.3. The summed E-state index contributed by atoms with van der Waals surface area (Å²) in [5.74, 6) is -0.247. The van der Waals surface area contributed by atoms with Gasteiger partial charge in [0.1, 0.15) is 5.54 Å². The Morgan fingerprint density at radius 1 is 1.21 bits per heavy atom. The van der Waals surface area contributed by atoms with Gasteiger partial charge in [0.05, 0.1) is 13.2 Å². The second-order valence-electron chi connectivity index (χ2n) is 3.40. The smallest absolute Gasteiger partial charge is 0.252 e. The van der Waals surface area contributed by atoms with Crippen molar-refractivity contribution < 1.29 is 15.0 Å². The Hall–Kier alpha value is -1.39. The minimum absolute atomic E-state index is 0.247. The highest BCUT2D eigenvalue weighted by molar-refractivity contribution is 6.00. The Kier molecular flexibility index (Phi) is 2.02. The second kappa shape index (κ2) is 3.08. The molecule has 1 aliphatic rings. The van der Waals surface area contributed by atoms with E-state index in [1.165, 1.54) is 0 Å². The Labute approximate surface area is 81.2 Å². The molecule has 4 nitrogen and oxygen atoms in total. The van der Waals surface area contributed by atoms with Gasteiger partial charge in [0, 0.05) is 5.56 Å². The van der Waals surface area contributed by atoms with E-state index >= 15 is 0 Å². The summed E-state index contributed by atoms with van der Waals surface area (Å²) in [4.78, 5) is 11.5. The van der Waals surface area contributed by atoms with Crippen LogP contribution >= 0.6 is 0 Å². The van der Waals surface area contributed by atoms with Gasteiger partial charge >= 0.3 is 0 Å². The molecule has 4 heteroatoms. The van der Waals surface area contributed by atoms with Gasteiger partial charge in [0.25, 0.3) is 5.91 Å². The molecule has 3 N–H and O–H groups in total. The molecule has 0 unspecified atom stereocenters. The molecule has 0 spiro atoms. The zero-order valence-corrected chi connectivity index (χ0v) is 7.53. The molecule has 1 aromatic rings. The third kappa shape index (κ3) is 1.05. The Balaban J connectivity index is 2.58. The number of carbonyl (C=O) groups is 1. The van der Waals surface area contributed by atoms with Crippen molar-refractivity contribution in [3.8, 4) is 0 Å². The van der Waals surface area contributed by atoms with Crippen LogP contribution < -0.4 is 5.32 Å². The number of aliphatic hydroxyl groups is 2. The average molecular weight is 193 g/mol. The molecule has 0 saturated heterocycles. The van der Waals surface area contributed by atoms with Crippen molar-refractivity contribution in [2.24, 2.45) is 0 Å². The van der Waals surface area contributed by atoms with Crippen molar-refractivity contribution in [1.82, 2.24) is 5.32 Å². The van der Waals surface area contributed by atoms with Gasteiger partial charge in [-0.25, -0.2) is 0 Å². The fourth-order valence-electron chi connectivity index (χ4n) is 1.75. The lowest BCUT2D eigenvalue weighted by molar-refractivity contribution is 0.0740. The zero-order chi connectivity index (χ0) is 10.2. The number of hydrogen-bond donors (Lipinski definition) is 3. The zero-order valence-electron chi connectivity index (χ0n) is 7.53. The fourth-order valence-corrected chi connectivity index (χ4v) is 1.75. The van der Waals surface area contributed by atoms with Gasteiger partial charge in [-0.15, -0.1) is 0 Å². The van der Waals surface area contributed by atoms with E-state index in [-0.39, 0.29) is 19.1 Å². The van der Waals surface area contributed by atoms with E-state index in [1.807, 2.05) is 0 Å². The van der Waals surface area contributed by atoms with Crippen LogP contribution in [0.2, 0.25) is 0 Å². The van der Waals surface area contributed by atoms with Crippen LogP contribution in [0.3, 0.4) is 0 Å². The van der Waals surface area contributed by atoms with E-state index in [4.69, 9.17) is 0 Å². The van der Waals surface area contributed by atoms with Crippen LogP contribution in [0, 0.1) is 0 Å². The summed E-state index contributed by atoms with van der Waals surface area (Å²) < 4.78 is 0. The molecule has 74 valence electrons. The first-order valence-corrected chi connectivity index (χ1v) is 4.37.